The van der Waals surface area contributed by atoms with E-state index < -0.39 is 0 Å². The predicted octanol–water partition coefficient (Wildman–Crippen LogP) is 3.89. The van der Waals surface area contributed by atoms with Gasteiger partial charge < -0.3 is 19.9 Å². The maximum Gasteiger partial charge on any atom is 0.192 e. The standard InChI is InChI=1S/C22H34N6O.HI/c1-16-10-8-9-13-20(16)29-17(2)14-23-22(25-19-11-6-5-7-12-19)24-15-21-27-26-18(3)28(21)4;/h8-10,13,17,19H,5-7,11-12,14-15H2,1-4H3,(H2,23,24,25);1H. The van der Waals surface area contributed by atoms with Crippen molar-refractivity contribution in [2.75, 3.05) is 6.54 Å². The molecule has 0 spiro atoms. The molecule has 1 aliphatic rings. The Bertz CT molecular complexity index is 816. The van der Waals surface area contributed by atoms with Crippen LogP contribution in [0, 0.1) is 13.8 Å². The number of aromatic nitrogens is 3. The summed E-state index contributed by atoms with van der Waals surface area (Å²) >= 11 is 0. The van der Waals surface area contributed by atoms with Crippen LogP contribution in [-0.4, -0.2) is 39.4 Å². The highest BCUT2D eigenvalue weighted by atomic mass is 127. The minimum Gasteiger partial charge on any atom is -0.489 e. The van der Waals surface area contributed by atoms with E-state index in [1.807, 2.05) is 36.7 Å². The smallest absolute Gasteiger partial charge is 0.192 e. The third kappa shape index (κ3) is 7.14. The van der Waals surface area contributed by atoms with E-state index in [4.69, 9.17) is 9.73 Å². The van der Waals surface area contributed by atoms with Gasteiger partial charge in [-0.05, 0) is 45.2 Å². The van der Waals surface area contributed by atoms with Crippen LogP contribution in [0.2, 0.25) is 0 Å². The molecule has 1 aromatic heterocycles. The second-order valence-electron chi connectivity index (χ2n) is 7.94. The van der Waals surface area contributed by atoms with Gasteiger partial charge in [-0.25, -0.2) is 4.99 Å². The molecule has 1 aliphatic carbocycles. The summed E-state index contributed by atoms with van der Waals surface area (Å²) in [6.07, 6.45) is 6.29. The lowest BCUT2D eigenvalue weighted by molar-refractivity contribution is 0.222. The fourth-order valence-electron chi connectivity index (χ4n) is 3.52. The summed E-state index contributed by atoms with van der Waals surface area (Å²) < 4.78 is 8.08. The van der Waals surface area contributed by atoms with Gasteiger partial charge in [0.2, 0.25) is 0 Å². The number of para-hydroxylation sites is 1. The number of rotatable bonds is 7. The van der Waals surface area contributed by atoms with Crippen molar-refractivity contribution in [3.8, 4) is 5.75 Å². The second-order valence-corrected chi connectivity index (χ2v) is 7.94. The van der Waals surface area contributed by atoms with Gasteiger partial charge in [0.1, 0.15) is 24.2 Å². The maximum atomic E-state index is 6.10. The summed E-state index contributed by atoms with van der Waals surface area (Å²) in [5, 5.41) is 15.4. The van der Waals surface area contributed by atoms with Gasteiger partial charge in [0.15, 0.2) is 11.8 Å². The SMILES string of the molecule is Cc1ccccc1OC(C)CNC(=NCc1nnc(C)n1C)NC1CCCCC1.I. The number of ether oxygens (including phenoxy) is 1. The van der Waals surface area contributed by atoms with Gasteiger partial charge in [-0.15, -0.1) is 34.2 Å². The molecular formula is C22H35IN6O. The zero-order chi connectivity index (χ0) is 20.6. The zero-order valence-corrected chi connectivity index (χ0v) is 20.8. The fourth-order valence-corrected chi connectivity index (χ4v) is 3.52. The number of hydrogen-bond donors (Lipinski definition) is 2. The lowest BCUT2D eigenvalue weighted by atomic mass is 9.96. The van der Waals surface area contributed by atoms with Gasteiger partial charge in [0.25, 0.3) is 0 Å². The van der Waals surface area contributed by atoms with Crippen molar-refractivity contribution in [3.05, 3.63) is 41.5 Å². The van der Waals surface area contributed by atoms with E-state index in [9.17, 15) is 0 Å². The second kappa shape index (κ2) is 12.1. The van der Waals surface area contributed by atoms with Crippen LogP contribution in [0.15, 0.2) is 29.3 Å². The van der Waals surface area contributed by atoms with E-state index in [-0.39, 0.29) is 30.1 Å². The lowest BCUT2D eigenvalue weighted by Crippen LogP contribution is -2.46. The summed E-state index contributed by atoms with van der Waals surface area (Å²) in [7, 11) is 1.97. The van der Waals surface area contributed by atoms with E-state index in [2.05, 4.69) is 40.7 Å². The third-order valence-electron chi connectivity index (χ3n) is 5.49. The predicted molar refractivity (Wildman–Crippen MR) is 132 cm³/mol. The number of nitrogens with zero attached hydrogens (tertiary/aromatic N) is 4. The van der Waals surface area contributed by atoms with E-state index >= 15 is 0 Å². The molecule has 1 saturated carbocycles. The van der Waals surface area contributed by atoms with E-state index in [1.165, 1.54) is 32.1 Å². The first-order chi connectivity index (χ1) is 14.0. The van der Waals surface area contributed by atoms with Crippen molar-refractivity contribution in [1.29, 1.82) is 0 Å². The van der Waals surface area contributed by atoms with Crippen molar-refractivity contribution < 1.29 is 4.74 Å². The first-order valence-corrected chi connectivity index (χ1v) is 10.6. The van der Waals surface area contributed by atoms with Crippen LogP contribution in [0.25, 0.3) is 0 Å². The van der Waals surface area contributed by atoms with Gasteiger partial charge in [-0.2, -0.15) is 0 Å². The molecule has 2 N–H and O–H groups in total. The number of nitrogens with one attached hydrogen (secondary N) is 2. The number of halogens is 1. The third-order valence-corrected chi connectivity index (χ3v) is 5.49. The first kappa shape index (κ1) is 24.4. The molecule has 1 unspecified atom stereocenters. The molecule has 1 heterocycles. The Morgan fingerprint density at radius 1 is 1.20 bits per heavy atom. The van der Waals surface area contributed by atoms with Crippen molar-refractivity contribution >= 4 is 29.9 Å². The first-order valence-electron chi connectivity index (χ1n) is 10.6. The van der Waals surface area contributed by atoms with Crippen LogP contribution in [0.5, 0.6) is 5.75 Å². The minimum absolute atomic E-state index is 0. The number of aliphatic imine (C=N–C) groups is 1. The maximum absolute atomic E-state index is 6.10. The molecule has 7 nitrogen and oxygen atoms in total. The Morgan fingerprint density at radius 3 is 2.60 bits per heavy atom. The van der Waals surface area contributed by atoms with E-state index in [0.717, 1.165) is 28.9 Å². The Hall–Kier alpha value is -1.84. The zero-order valence-electron chi connectivity index (χ0n) is 18.5. The summed E-state index contributed by atoms with van der Waals surface area (Å²) in [4.78, 5) is 4.77. The molecule has 1 atom stereocenters. The molecule has 0 amide bonds. The highest BCUT2D eigenvalue weighted by molar-refractivity contribution is 14.0. The van der Waals surface area contributed by atoms with Crippen LogP contribution in [-0.2, 0) is 13.6 Å². The van der Waals surface area contributed by atoms with E-state index in [0.29, 0.717) is 19.1 Å². The fraction of sp³-hybridized carbons (Fsp3) is 0.591. The molecule has 0 aliphatic heterocycles. The van der Waals surface area contributed by atoms with Gasteiger partial charge >= 0.3 is 0 Å². The quantitative estimate of drug-likeness (QED) is 0.326. The average Bonchev–Trinajstić information content (AvgIpc) is 3.04. The van der Waals surface area contributed by atoms with Gasteiger partial charge in [0.05, 0.1) is 6.54 Å². The number of benzene rings is 1. The van der Waals surface area contributed by atoms with Gasteiger partial charge in [-0.3, -0.25) is 0 Å². The lowest BCUT2D eigenvalue weighted by Gasteiger charge is -2.26. The molecule has 0 radical (unpaired) electrons. The highest BCUT2D eigenvalue weighted by Crippen LogP contribution is 2.18. The van der Waals surface area contributed by atoms with Gasteiger partial charge in [0, 0.05) is 13.1 Å². The average molecular weight is 526 g/mol. The topological polar surface area (TPSA) is 76.4 Å². The van der Waals surface area contributed by atoms with Crippen molar-refractivity contribution in [2.45, 2.75) is 71.6 Å². The van der Waals surface area contributed by atoms with Crippen LogP contribution < -0.4 is 15.4 Å². The molecule has 0 bridgehead atoms. The molecule has 1 fully saturated rings. The Labute approximate surface area is 197 Å². The van der Waals surface area contributed by atoms with Crippen LogP contribution in [0.1, 0.15) is 56.2 Å². The summed E-state index contributed by atoms with van der Waals surface area (Å²) in [5.74, 6) is 3.49. The molecule has 30 heavy (non-hydrogen) atoms. The largest absolute Gasteiger partial charge is 0.489 e. The molecule has 0 saturated heterocycles. The molecule has 2 aromatic rings. The normalized spacial score (nSPS) is 15.9. The Morgan fingerprint density at radius 2 is 1.93 bits per heavy atom. The molecule has 166 valence electrons. The minimum atomic E-state index is 0. The van der Waals surface area contributed by atoms with E-state index in [1.54, 1.807) is 0 Å². The van der Waals surface area contributed by atoms with Crippen molar-refractivity contribution in [3.63, 3.8) is 0 Å². The van der Waals surface area contributed by atoms with Crippen LogP contribution >= 0.6 is 24.0 Å². The summed E-state index contributed by atoms with van der Waals surface area (Å²) in [5.41, 5.74) is 1.14. The van der Waals surface area contributed by atoms with Crippen molar-refractivity contribution in [1.82, 2.24) is 25.4 Å². The number of guanidine groups is 1. The summed E-state index contributed by atoms with van der Waals surface area (Å²) in [6, 6.07) is 8.58. The Kier molecular flexibility index (Phi) is 9.87. The van der Waals surface area contributed by atoms with Crippen LogP contribution in [0.4, 0.5) is 0 Å². The van der Waals surface area contributed by atoms with Crippen LogP contribution in [0.3, 0.4) is 0 Å². The monoisotopic (exact) mass is 526 g/mol. The van der Waals surface area contributed by atoms with Gasteiger partial charge in [-0.1, -0.05) is 37.5 Å². The summed E-state index contributed by atoms with van der Waals surface area (Å²) in [6.45, 7) is 7.25. The molecular weight excluding hydrogens is 491 g/mol. The highest BCUT2D eigenvalue weighted by Gasteiger charge is 2.16. The van der Waals surface area contributed by atoms with Crippen molar-refractivity contribution in [2.24, 2.45) is 12.0 Å². The molecule has 8 heteroatoms. The molecule has 1 aromatic carbocycles. The number of aryl methyl sites for hydroxylation is 2. The Balaban J connectivity index is 0.00000320. The molecule has 3 rings (SSSR count). The number of hydrogen-bond acceptors (Lipinski definition) is 4.